The SMILES string of the molecule is BrCCCBr.Fc1ccc(OCCCOc2ccc(F)cc2I)c(I)c1.O=CO[O-].Oc1ccc(F)cc1I.PP(P)P(P)P(P)P.PPP(P)P(P)P.[H-].[K+].[K+]. The predicted octanol–water partition coefficient (Wildman–Crippen LogP) is 9.71. The molecule has 3 aromatic rings. The van der Waals surface area contributed by atoms with E-state index in [2.05, 4.69) is 117 Å². The van der Waals surface area contributed by atoms with Crippen molar-refractivity contribution in [1.29, 1.82) is 0 Å². The second-order valence-corrected chi connectivity index (χ2v) is 64.0. The van der Waals surface area contributed by atoms with Crippen molar-refractivity contribution in [3.63, 3.8) is 0 Å². The second-order valence-electron chi connectivity index (χ2n) is 8.65. The summed E-state index contributed by atoms with van der Waals surface area (Å²) < 4.78 is 51.2. The monoisotopic (exact) mass is 1580 g/mol. The zero-order valence-corrected chi connectivity index (χ0v) is 61.7. The molecule has 0 aliphatic carbocycles. The fraction of sp³-hybridized carbons (Fsp3) is 0.240. The molecule has 0 radical (unpaired) electrons. The van der Waals surface area contributed by atoms with Gasteiger partial charge in [0.2, 0.25) is 0 Å². The number of carbonyl (C=O) groups excluding carboxylic acids is 1. The largest absolute Gasteiger partial charge is 1.00 e. The molecule has 0 bridgehead atoms. The third kappa shape index (κ3) is 45.6. The van der Waals surface area contributed by atoms with Gasteiger partial charge in [0, 0.05) is 17.1 Å². The molecule has 0 aliphatic heterocycles. The molecule has 0 saturated heterocycles. The molecule has 0 aromatic heterocycles. The van der Waals surface area contributed by atoms with Crippen LogP contribution in [-0.4, -0.2) is 35.5 Å². The van der Waals surface area contributed by atoms with Crippen molar-refractivity contribution >= 4 is 229 Å². The molecular weight excluding hydrogens is 1540 g/mol. The minimum atomic E-state index is -0.322. The Hall–Kier alpha value is 9.15. The minimum Gasteiger partial charge on any atom is -1.00 e. The van der Waals surface area contributed by atoms with E-state index in [0.29, 0.717) is 34.7 Å². The smallest absolute Gasteiger partial charge is 1.00 e. The van der Waals surface area contributed by atoms with E-state index in [0.717, 1.165) is 25.8 Å². The molecule has 0 saturated carbocycles. The van der Waals surface area contributed by atoms with Crippen LogP contribution in [0.25, 0.3) is 0 Å². The Morgan fingerprint density at radius 1 is 0.714 bits per heavy atom. The Morgan fingerprint density at radius 3 is 1.27 bits per heavy atom. The molecule has 0 spiro atoms. The number of carbonyl (C=O) groups is 1. The van der Waals surface area contributed by atoms with Gasteiger partial charge in [0.15, 0.2) is 0 Å². The van der Waals surface area contributed by atoms with Gasteiger partial charge < -0.3 is 26.2 Å². The van der Waals surface area contributed by atoms with E-state index in [1.54, 1.807) is 12.1 Å². The van der Waals surface area contributed by atoms with E-state index in [1.165, 1.54) is 48.9 Å². The maximum atomic E-state index is 12.9. The van der Waals surface area contributed by atoms with E-state index in [1.807, 2.05) is 67.8 Å². The number of benzene rings is 3. The minimum absolute atomic E-state index is 0. The molecule has 0 amide bonds. The van der Waals surface area contributed by atoms with Crippen LogP contribution in [0.5, 0.6) is 17.2 Å². The molecule has 312 valence electrons. The Morgan fingerprint density at radius 2 is 1.07 bits per heavy atom. The van der Waals surface area contributed by atoms with Crippen molar-refractivity contribution in [2.45, 2.75) is 12.8 Å². The quantitative estimate of drug-likeness (QED) is 0.0268. The summed E-state index contributed by atoms with van der Waals surface area (Å²) in [7, 11) is 26.8. The van der Waals surface area contributed by atoms with Crippen molar-refractivity contribution in [1.82, 2.24) is 0 Å². The Bertz CT molecular complexity index is 1370. The van der Waals surface area contributed by atoms with Crippen molar-refractivity contribution in [2.24, 2.45) is 0 Å². The van der Waals surface area contributed by atoms with E-state index < -0.39 is 0 Å². The maximum absolute atomic E-state index is 12.9. The summed E-state index contributed by atoms with van der Waals surface area (Å²) >= 11 is 12.5. The van der Waals surface area contributed by atoms with Gasteiger partial charge in [-0.2, -0.15) is 0 Å². The number of rotatable bonds is 13. The van der Waals surface area contributed by atoms with Crippen LogP contribution in [0.15, 0.2) is 54.6 Å². The van der Waals surface area contributed by atoms with Crippen LogP contribution in [-0.2, 0) is 9.68 Å². The van der Waals surface area contributed by atoms with Crippen LogP contribution >= 0.6 is 223 Å². The Kier molecular flexibility index (Phi) is 66.9. The fourth-order valence-corrected chi connectivity index (χ4v) is 50.4. The number of phenols is 1. The first-order valence-electron chi connectivity index (χ1n) is 13.9. The summed E-state index contributed by atoms with van der Waals surface area (Å²) in [5.41, 5.74) is 0. The van der Waals surface area contributed by atoms with E-state index in [9.17, 15) is 13.2 Å². The zero-order chi connectivity index (χ0) is 42.2. The van der Waals surface area contributed by atoms with Gasteiger partial charge in [0.1, 0.15) is 34.7 Å². The second kappa shape index (κ2) is 50.5. The number of halogens is 8. The average Bonchev–Trinajstić information content (AvgIpc) is 3.12. The summed E-state index contributed by atoms with van der Waals surface area (Å²) in [6.45, 7) is 1.71. The number of alkyl halides is 2. The van der Waals surface area contributed by atoms with Crippen LogP contribution < -0.4 is 118 Å². The number of phenolic OH excluding ortho intramolecular Hbond substituents is 1. The zero-order valence-electron chi connectivity index (χ0n) is 31.0. The van der Waals surface area contributed by atoms with Crippen LogP contribution in [0.3, 0.4) is 0 Å². The summed E-state index contributed by atoms with van der Waals surface area (Å²) in [5.74, 6) is 0.567. The first kappa shape index (κ1) is 74.1. The number of aromatic hydroxyl groups is 1. The molecule has 3 aromatic carbocycles. The Labute approximate surface area is 503 Å². The first-order chi connectivity index (χ1) is 25.3. The summed E-state index contributed by atoms with van der Waals surface area (Å²) in [5, 5.41) is 19.5. The third-order valence-corrected chi connectivity index (χ3v) is 76.7. The summed E-state index contributed by atoms with van der Waals surface area (Å²) in [6, 6.07) is 12.6. The predicted molar refractivity (Wildman–Crippen MR) is 305 cm³/mol. The molecule has 0 aliphatic rings. The van der Waals surface area contributed by atoms with Gasteiger partial charge in [-0.15, -0.1) is 80.4 Å². The fourth-order valence-electron chi connectivity index (χ4n) is 2.33. The first-order valence-corrected chi connectivity index (χ1v) is 44.8. The molecule has 3 rings (SSSR count). The van der Waals surface area contributed by atoms with Crippen molar-refractivity contribution in [2.75, 3.05) is 23.9 Å². The van der Waals surface area contributed by atoms with Crippen LogP contribution in [0, 0.1) is 28.2 Å². The van der Waals surface area contributed by atoms with Crippen LogP contribution in [0.1, 0.15) is 14.3 Å². The third-order valence-electron chi connectivity index (χ3n) is 4.66. The molecule has 31 heteroatoms. The van der Waals surface area contributed by atoms with Crippen LogP contribution in [0.2, 0.25) is 0 Å². The molecule has 1 N–H and O–H groups in total. The molecule has 56 heavy (non-hydrogen) atoms. The standard InChI is InChI=1S/C15H12F2I2O2.C6H4FIO.C3H6Br2.CH2O3.2K.H10P8.H9P7.H/c16-10-2-4-14(12(18)8-10)20-6-1-7-21-15-5-3-11(17)9-13(15)19;7-4-1-2-6(9)5(8)3-4;4-2-1-3-5;2-1-4-3;;;1-6(2)8(5)7(3)4;1-5-7(4)6(2)3;/h2-5,8-9H,1,6-7H2;1-3,9H;1-3H2;1,3H;;;1-5H2;5H,1-4H2;/q;;;;2*+1;;;-1/p-1. The number of hydrogen-bond donors (Lipinski definition) is 1. The van der Waals surface area contributed by atoms with Crippen molar-refractivity contribution in [3.8, 4) is 17.2 Å². The Balaban J connectivity index is -0.000000152. The van der Waals surface area contributed by atoms with Gasteiger partial charge in [-0.3, -0.25) is 4.79 Å². The van der Waals surface area contributed by atoms with Gasteiger partial charge in [-0.25, -0.2) is 13.2 Å². The molecule has 0 fully saturated rings. The van der Waals surface area contributed by atoms with Crippen molar-refractivity contribution in [3.05, 3.63) is 82.8 Å². The van der Waals surface area contributed by atoms with Gasteiger partial charge in [0.05, 0.1) is 23.9 Å². The molecule has 11 unspecified atom stereocenters. The topological polar surface area (TPSA) is 88.1 Å². The maximum Gasteiger partial charge on any atom is 1.00 e. The van der Waals surface area contributed by atoms with E-state index >= 15 is 0 Å². The van der Waals surface area contributed by atoms with E-state index in [-0.39, 0.29) is 169 Å². The molecule has 11 atom stereocenters. The van der Waals surface area contributed by atoms with Gasteiger partial charge in [0.25, 0.3) is 6.47 Å². The van der Waals surface area contributed by atoms with Gasteiger partial charge in [-0.1, -0.05) is 39.8 Å². The van der Waals surface area contributed by atoms with Crippen LogP contribution in [0.4, 0.5) is 13.2 Å². The van der Waals surface area contributed by atoms with Gasteiger partial charge >= 0.3 is 103 Å². The average molecular weight is 1580 g/mol. The number of hydrogen-bond acceptors (Lipinski definition) is 6. The number of ether oxygens (including phenoxy) is 2. The summed E-state index contributed by atoms with van der Waals surface area (Å²) in [6.07, 6.45) is 1.90. The van der Waals surface area contributed by atoms with Crippen molar-refractivity contribution < 1.29 is 147 Å². The normalized spacial score (nSPS) is 10.4. The van der Waals surface area contributed by atoms with E-state index in [4.69, 9.17) is 24.6 Å². The van der Waals surface area contributed by atoms with Gasteiger partial charge in [-0.05, 0) is 164 Å². The molecule has 6 nitrogen and oxygen atoms in total. The molecule has 0 heterocycles. The summed E-state index contributed by atoms with van der Waals surface area (Å²) in [4.78, 5) is 11.2. The molecular formula is C25H43Br2F3I3K2O6P15.